The molecule has 4 heteroatoms. The first kappa shape index (κ1) is 16.0. The van der Waals surface area contributed by atoms with Crippen molar-refractivity contribution in [2.75, 3.05) is 6.54 Å². The maximum Gasteiger partial charge on any atom is 0.236 e. The van der Waals surface area contributed by atoms with E-state index in [0.29, 0.717) is 6.54 Å². The molecule has 0 aromatic heterocycles. The molecule has 2 rings (SSSR count). The van der Waals surface area contributed by atoms with Crippen molar-refractivity contribution in [1.82, 2.24) is 5.32 Å². The van der Waals surface area contributed by atoms with E-state index < -0.39 is 6.04 Å². The third-order valence-electron chi connectivity index (χ3n) is 3.96. The summed E-state index contributed by atoms with van der Waals surface area (Å²) in [4.78, 5) is 11.6. The molecule has 0 saturated heterocycles. The predicted molar refractivity (Wildman–Crippen MR) is 80.5 cm³/mol. The van der Waals surface area contributed by atoms with Crippen LogP contribution < -0.4 is 11.1 Å². The molecule has 0 aliphatic heterocycles. The van der Waals surface area contributed by atoms with Gasteiger partial charge in [0.15, 0.2) is 0 Å². The number of hydrogen-bond acceptors (Lipinski definition) is 2. The molecule has 0 bridgehead atoms. The van der Waals surface area contributed by atoms with Gasteiger partial charge in [0.05, 0.1) is 6.04 Å². The summed E-state index contributed by atoms with van der Waals surface area (Å²) >= 11 is 0. The molecule has 1 aliphatic carbocycles. The summed E-state index contributed by atoms with van der Waals surface area (Å²) in [7, 11) is 0. The van der Waals surface area contributed by atoms with Crippen molar-refractivity contribution in [3.8, 4) is 0 Å². The zero-order valence-corrected chi connectivity index (χ0v) is 12.2. The topological polar surface area (TPSA) is 55.1 Å². The lowest BCUT2D eigenvalue weighted by molar-refractivity contribution is -0.122. The number of hydrogen-bond donors (Lipinski definition) is 2. The van der Waals surface area contributed by atoms with Crippen molar-refractivity contribution in [3.63, 3.8) is 0 Å². The van der Waals surface area contributed by atoms with Crippen LogP contribution in [-0.4, -0.2) is 18.5 Å². The third-order valence-corrected chi connectivity index (χ3v) is 3.96. The van der Waals surface area contributed by atoms with Gasteiger partial charge >= 0.3 is 0 Å². The van der Waals surface area contributed by atoms with Gasteiger partial charge in [0.25, 0.3) is 0 Å². The zero-order chi connectivity index (χ0) is 13.0. The molecule has 0 spiro atoms. The highest BCUT2D eigenvalue weighted by Gasteiger charge is 2.35. The van der Waals surface area contributed by atoms with E-state index in [-0.39, 0.29) is 23.7 Å². The first-order chi connectivity index (χ1) is 8.64. The summed E-state index contributed by atoms with van der Waals surface area (Å²) in [6, 6.07) is 10.1. The normalized spacial score (nSPS) is 18.4. The van der Waals surface area contributed by atoms with Gasteiger partial charge in [0.1, 0.15) is 0 Å². The number of carbonyl (C=O) groups excluding carboxylic acids is 1. The standard InChI is InChI=1S/C15H22N2O.ClH/c1-12(16)14(18)17-11-15(9-5-6-10-15)13-7-3-2-4-8-13;/h2-4,7-8,12H,5-6,9-11,16H2,1H3,(H,17,18);1H/t12-;/m1./s1. The number of nitrogens with two attached hydrogens (primary N) is 1. The highest BCUT2D eigenvalue weighted by Crippen LogP contribution is 2.40. The summed E-state index contributed by atoms with van der Waals surface area (Å²) in [5.74, 6) is -0.0581. The molecule has 1 amide bonds. The average Bonchev–Trinajstić information content (AvgIpc) is 2.87. The molecular weight excluding hydrogens is 260 g/mol. The maximum atomic E-state index is 11.6. The van der Waals surface area contributed by atoms with Gasteiger partial charge in [-0.3, -0.25) is 4.79 Å². The van der Waals surface area contributed by atoms with E-state index in [1.54, 1.807) is 6.92 Å². The minimum atomic E-state index is -0.431. The van der Waals surface area contributed by atoms with Crippen LogP contribution >= 0.6 is 12.4 Å². The van der Waals surface area contributed by atoms with Crippen molar-refractivity contribution in [1.29, 1.82) is 0 Å². The van der Waals surface area contributed by atoms with Gasteiger partial charge in [-0.05, 0) is 25.3 Å². The van der Waals surface area contributed by atoms with Crippen LogP contribution in [0, 0.1) is 0 Å². The monoisotopic (exact) mass is 282 g/mol. The summed E-state index contributed by atoms with van der Waals surface area (Å²) < 4.78 is 0. The Hall–Kier alpha value is -1.06. The Morgan fingerprint density at radius 2 is 1.89 bits per heavy atom. The van der Waals surface area contributed by atoms with Crippen molar-refractivity contribution >= 4 is 18.3 Å². The van der Waals surface area contributed by atoms with Crippen LogP contribution in [-0.2, 0) is 10.2 Å². The lowest BCUT2D eigenvalue weighted by atomic mass is 9.79. The Bertz CT molecular complexity index is 400. The number of benzene rings is 1. The number of halogens is 1. The lowest BCUT2D eigenvalue weighted by Gasteiger charge is -2.30. The summed E-state index contributed by atoms with van der Waals surface area (Å²) in [6.07, 6.45) is 4.78. The Balaban J connectivity index is 0.00000180. The molecule has 1 saturated carbocycles. The lowest BCUT2D eigenvalue weighted by Crippen LogP contribution is -2.45. The van der Waals surface area contributed by atoms with E-state index >= 15 is 0 Å². The maximum absolute atomic E-state index is 11.6. The highest BCUT2D eigenvalue weighted by molar-refractivity contribution is 5.85. The Morgan fingerprint density at radius 3 is 2.42 bits per heavy atom. The van der Waals surface area contributed by atoms with Gasteiger partial charge in [0, 0.05) is 12.0 Å². The summed E-state index contributed by atoms with van der Waals surface area (Å²) in [5, 5.41) is 3.00. The van der Waals surface area contributed by atoms with Gasteiger partial charge < -0.3 is 11.1 Å². The minimum absolute atomic E-state index is 0. The van der Waals surface area contributed by atoms with E-state index in [4.69, 9.17) is 5.73 Å². The van der Waals surface area contributed by atoms with Crippen LogP contribution in [0.5, 0.6) is 0 Å². The second-order valence-corrected chi connectivity index (χ2v) is 5.36. The molecule has 0 radical (unpaired) electrons. The van der Waals surface area contributed by atoms with Gasteiger partial charge in [-0.2, -0.15) is 0 Å². The fraction of sp³-hybridized carbons (Fsp3) is 0.533. The molecule has 1 atom stereocenters. The molecular formula is C15H23ClN2O. The van der Waals surface area contributed by atoms with Crippen LogP contribution in [0.3, 0.4) is 0 Å². The van der Waals surface area contributed by atoms with E-state index in [1.807, 2.05) is 6.07 Å². The average molecular weight is 283 g/mol. The van der Waals surface area contributed by atoms with Crippen molar-refractivity contribution < 1.29 is 4.79 Å². The molecule has 3 N–H and O–H groups in total. The SMILES string of the molecule is C[C@@H](N)C(=O)NCC1(c2ccccc2)CCCC1.Cl. The highest BCUT2D eigenvalue weighted by atomic mass is 35.5. The minimum Gasteiger partial charge on any atom is -0.354 e. The number of rotatable bonds is 4. The quantitative estimate of drug-likeness (QED) is 0.891. The molecule has 0 heterocycles. The molecule has 1 aromatic rings. The third kappa shape index (κ3) is 3.71. The predicted octanol–water partition coefficient (Wildman–Crippen LogP) is 2.38. The Kier molecular flexibility index (Phi) is 5.83. The Morgan fingerprint density at radius 1 is 1.32 bits per heavy atom. The van der Waals surface area contributed by atoms with Crippen LogP contribution in [0.1, 0.15) is 38.2 Å². The van der Waals surface area contributed by atoms with E-state index in [2.05, 4.69) is 29.6 Å². The van der Waals surface area contributed by atoms with Crippen LogP contribution in [0.4, 0.5) is 0 Å². The van der Waals surface area contributed by atoms with Crippen molar-refractivity contribution in [2.45, 2.75) is 44.1 Å². The van der Waals surface area contributed by atoms with Gasteiger partial charge in [-0.25, -0.2) is 0 Å². The molecule has 0 unspecified atom stereocenters. The zero-order valence-electron chi connectivity index (χ0n) is 11.4. The Labute approximate surface area is 121 Å². The molecule has 106 valence electrons. The van der Waals surface area contributed by atoms with Gasteiger partial charge in [0.2, 0.25) is 5.91 Å². The van der Waals surface area contributed by atoms with E-state index in [9.17, 15) is 4.79 Å². The summed E-state index contributed by atoms with van der Waals surface area (Å²) in [5.41, 5.74) is 7.05. The van der Waals surface area contributed by atoms with Gasteiger partial charge in [-0.1, -0.05) is 43.2 Å². The number of carbonyl (C=O) groups is 1. The second kappa shape index (κ2) is 6.92. The molecule has 1 aromatic carbocycles. The summed E-state index contributed by atoms with van der Waals surface area (Å²) in [6.45, 7) is 2.43. The second-order valence-electron chi connectivity index (χ2n) is 5.36. The first-order valence-electron chi connectivity index (χ1n) is 6.73. The largest absolute Gasteiger partial charge is 0.354 e. The smallest absolute Gasteiger partial charge is 0.236 e. The fourth-order valence-electron chi connectivity index (χ4n) is 2.83. The van der Waals surface area contributed by atoms with Crippen molar-refractivity contribution in [2.24, 2.45) is 5.73 Å². The van der Waals surface area contributed by atoms with Crippen LogP contribution in [0.15, 0.2) is 30.3 Å². The number of amides is 1. The van der Waals surface area contributed by atoms with Crippen LogP contribution in [0.25, 0.3) is 0 Å². The van der Waals surface area contributed by atoms with E-state index in [1.165, 1.54) is 18.4 Å². The molecule has 1 fully saturated rings. The molecule has 1 aliphatic rings. The van der Waals surface area contributed by atoms with E-state index in [0.717, 1.165) is 12.8 Å². The van der Waals surface area contributed by atoms with Crippen molar-refractivity contribution in [3.05, 3.63) is 35.9 Å². The fourth-order valence-corrected chi connectivity index (χ4v) is 2.83. The number of nitrogens with one attached hydrogen (secondary N) is 1. The van der Waals surface area contributed by atoms with Crippen LogP contribution in [0.2, 0.25) is 0 Å². The van der Waals surface area contributed by atoms with Gasteiger partial charge in [-0.15, -0.1) is 12.4 Å². The first-order valence-corrected chi connectivity index (χ1v) is 6.73. The molecule has 3 nitrogen and oxygen atoms in total. The molecule has 19 heavy (non-hydrogen) atoms.